The molecule has 2 aromatic rings. The molecule has 2 aromatic carbocycles. The number of aliphatic hydroxyl groups excluding tert-OH is 1. The average molecular weight is 370 g/mol. The molecule has 0 saturated carbocycles. The maximum atomic E-state index is 10.5. The number of rotatable bonds is 3. The van der Waals surface area contributed by atoms with E-state index in [1.807, 2.05) is 24.3 Å². The topological polar surface area (TPSA) is 20.2 Å². The van der Waals surface area contributed by atoms with Crippen LogP contribution in [0.4, 0.5) is 0 Å². The van der Waals surface area contributed by atoms with Crippen molar-refractivity contribution < 1.29 is 5.11 Å². The summed E-state index contributed by atoms with van der Waals surface area (Å²) in [5, 5.41) is 11.4. The van der Waals surface area contributed by atoms with E-state index in [1.165, 1.54) is 10.5 Å². The second kappa shape index (κ2) is 6.10. The number of halogens is 2. The minimum Gasteiger partial charge on any atom is -0.392 e. The molecule has 0 aromatic heterocycles. The fourth-order valence-corrected chi connectivity index (χ4v) is 4.52. The van der Waals surface area contributed by atoms with Gasteiger partial charge < -0.3 is 5.11 Å². The molecule has 20 heavy (non-hydrogen) atoms. The Kier molecular flexibility index (Phi) is 4.41. The Morgan fingerprint density at radius 2 is 2.10 bits per heavy atom. The molecule has 2 atom stereocenters. The summed E-state index contributed by atoms with van der Waals surface area (Å²) in [6, 6.07) is 14.2. The largest absolute Gasteiger partial charge is 0.392 e. The van der Waals surface area contributed by atoms with Crippen molar-refractivity contribution in [2.45, 2.75) is 29.1 Å². The zero-order chi connectivity index (χ0) is 14.1. The lowest BCUT2D eigenvalue weighted by Gasteiger charge is -2.17. The van der Waals surface area contributed by atoms with Crippen molar-refractivity contribution in [1.29, 1.82) is 0 Å². The Hall–Kier alpha value is -0.480. The van der Waals surface area contributed by atoms with E-state index >= 15 is 0 Å². The van der Waals surface area contributed by atoms with Crippen molar-refractivity contribution in [2.75, 3.05) is 0 Å². The summed E-state index contributed by atoms with van der Waals surface area (Å²) in [4.78, 5) is 1.29. The van der Waals surface area contributed by atoms with Crippen molar-refractivity contribution in [3.63, 3.8) is 0 Å². The van der Waals surface area contributed by atoms with Crippen molar-refractivity contribution in [1.82, 2.24) is 0 Å². The van der Waals surface area contributed by atoms with Gasteiger partial charge in [0.05, 0.1) is 6.10 Å². The molecule has 0 fully saturated rings. The summed E-state index contributed by atoms with van der Waals surface area (Å²) >= 11 is 11.4. The molecule has 1 nitrogen and oxygen atoms in total. The van der Waals surface area contributed by atoms with Gasteiger partial charge in [-0.15, -0.1) is 11.8 Å². The number of hydrogen-bond donors (Lipinski definition) is 1. The number of benzene rings is 2. The molecule has 0 aliphatic carbocycles. The summed E-state index contributed by atoms with van der Waals surface area (Å²) in [6.45, 7) is 0. The standard InChI is InChI=1S/C16H14BrClOS/c17-12-6-5-10(13(18)9-12)7-14(19)16-8-11-3-1-2-4-15(11)20-16/h1-6,9,14,16,19H,7-8H2. The van der Waals surface area contributed by atoms with Crippen LogP contribution in [0.25, 0.3) is 0 Å². The van der Waals surface area contributed by atoms with Crippen LogP contribution in [0.15, 0.2) is 51.8 Å². The Bertz CT molecular complexity index is 607. The van der Waals surface area contributed by atoms with Gasteiger partial charge in [0.1, 0.15) is 0 Å². The first-order valence-corrected chi connectivity index (χ1v) is 8.55. The summed E-state index contributed by atoms with van der Waals surface area (Å²) in [5.74, 6) is 0. The van der Waals surface area contributed by atoms with Crippen LogP contribution in [-0.4, -0.2) is 16.5 Å². The van der Waals surface area contributed by atoms with E-state index in [2.05, 4.69) is 34.1 Å². The van der Waals surface area contributed by atoms with Gasteiger partial charge >= 0.3 is 0 Å². The normalized spacial score (nSPS) is 18.9. The van der Waals surface area contributed by atoms with E-state index < -0.39 is 0 Å². The fraction of sp³-hybridized carbons (Fsp3) is 0.250. The van der Waals surface area contributed by atoms with E-state index in [0.29, 0.717) is 11.4 Å². The molecular weight excluding hydrogens is 356 g/mol. The van der Waals surface area contributed by atoms with Gasteiger partial charge in [0.15, 0.2) is 0 Å². The van der Waals surface area contributed by atoms with Gasteiger partial charge in [-0.05, 0) is 35.7 Å². The van der Waals surface area contributed by atoms with Gasteiger partial charge in [0, 0.05) is 26.1 Å². The third-order valence-electron chi connectivity index (χ3n) is 3.55. The zero-order valence-electron chi connectivity index (χ0n) is 10.7. The summed E-state index contributed by atoms with van der Waals surface area (Å²) < 4.78 is 0.961. The van der Waals surface area contributed by atoms with Crippen LogP contribution >= 0.6 is 39.3 Å². The van der Waals surface area contributed by atoms with Gasteiger partial charge in [0.25, 0.3) is 0 Å². The lowest BCUT2D eigenvalue weighted by atomic mass is 10.0. The summed E-state index contributed by atoms with van der Waals surface area (Å²) in [7, 11) is 0. The molecule has 0 amide bonds. The lowest BCUT2D eigenvalue weighted by molar-refractivity contribution is 0.172. The quantitative estimate of drug-likeness (QED) is 0.844. The minimum absolute atomic E-state index is 0.215. The Morgan fingerprint density at radius 3 is 2.85 bits per heavy atom. The highest BCUT2D eigenvalue weighted by molar-refractivity contribution is 9.10. The lowest BCUT2D eigenvalue weighted by Crippen LogP contribution is -2.25. The Balaban J connectivity index is 1.70. The van der Waals surface area contributed by atoms with Gasteiger partial charge in [0.2, 0.25) is 0 Å². The molecule has 0 spiro atoms. The number of hydrogen-bond acceptors (Lipinski definition) is 2. The van der Waals surface area contributed by atoms with E-state index in [1.54, 1.807) is 11.8 Å². The first kappa shape index (κ1) is 14.5. The maximum Gasteiger partial charge on any atom is 0.0706 e. The second-order valence-electron chi connectivity index (χ2n) is 4.98. The molecule has 2 unspecified atom stereocenters. The number of fused-ring (bicyclic) bond motifs is 1. The molecule has 1 N–H and O–H groups in total. The molecule has 0 radical (unpaired) electrons. The molecule has 1 aliphatic heterocycles. The molecule has 3 rings (SSSR count). The van der Waals surface area contributed by atoms with Crippen LogP contribution in [0.5, 0.6) is 0 Å². The van der Waals surface area contributed by atoms with Crippen LogP contribution in [0, 0.1) is 0 Å². The van der Waals surface area contributed by atoms with Gasteiger partial charge in [-0.2, -0.15) is 0 Å². The predicted molar refractivity (Wildman–Crippen MR) is 88.7 cm³/mol. The highest BCUT2D eigenvalue weighted by Crippen LogP contribution is 2.39. The van der Waals surface area contributed by atoms with E-state index in [-0.39, 0.29) is 11.4 Å². The highest BCUT2D eigenvalue weighted by Gasteiger charge is 2.28. The van der Waals surface area contributed by atoms with Crippen LogP contribution in [-0.2, 0) is 12.8 Å². The minimum atomic E-state index is -0.383. The van der Waals surface area contributed by atoms with Crippen molar-refractivity contribution in [2.24, 2.45) is 0 Å². The molecule has 1 aliphatic rings. The van der Waals surface area contributed by atoms with Crippen LogP contribution in [0.1, 0.15) is 11.1 Å². The van der Waals surface area contributed by atoms with E-state index in [0.717, 1.165) is 16.5 Å². The van der Waals surface area contributed by atoms with Crippen LogP contribution in [0.3, 0.4) is 0 Å². The molecule has 0 bridgehead atoms. The molecular formula is C16H14BrClOS. The zero-order valence-corrected chi connectivity index (χ0v) is 13.9. The predicted octanol–water partition coefficient (Wildman–Crippen LogP) is 4.72. The monoisotopic (exact) mass is 368 g/mol. The van der Waals surface area contributed by atoms with E-state index in [4.69, 9.17) is 11.6 Å². The third kappa shape index (κ3) is 3.06. The van der Waals surface area contributed by atoms with Crippen LogP contribution < -0.4 is 0 Å². The third-order valence-corrected chi connectivity index (χ3v) is 5.83. The Morgan fingerprint density at radius 1 is 1.30 bits per heavy atom. The molecule has 104 valence electrons. The van der Waals surface area contributed by atoms with Gasteiger partial charge in [-0.1, -0.05) is 51.8 Å². The van der Waals surface area contributed by atoms with Crippen molar-refractivity contribution >= 4 is 39.3 Å². The summed E-state index contributed by atoms with van der Waals surface area (Å²) in [6.07, 6.45) is 1.14. The number of aliphatic hydroxyl groups is 1. The van der Waals surface area contributed by atoms with Crippen LogP contribution in [0.2, 0.25) is 5.02 Å². The molecule has 4 heteroatoms. The van der Waals surface area contributed by atoms with Gasteiger partial charge in [-0.25, -0.2) is 0 Å². The molecule has 0 saturated heterocycles. The van der Waals surface area contributed by atoms with Crippen molar-refractivity contribution in [3.05, 3.63) is 63.1 Å². The first-order valence-electron chi connectivity index (χ1n) is 6.50. The van der Waals surface area contributed by atoms with Crippen molar-refractivity contribution in [3.8, 4) is 0 Å². The Labute approximate surface area is 136 Å². The highest BCUT2D eigenvalue weighted by atomic mass is 79.9. The smallest absolute Gasteiger partial charge is 0.0706 e. The SMILES string of the molecule is OC(Cc1ccc(Br)cc1Cl)C1Cc2ccccc2S1. The second-order valence-corrected chi connectivity index (χ2v) is 7.58. The fourth-order valence-electron chi connectivity index (χ4n) is 2.47. The van der Waals surface area contributed by atoms with E-state index in [9.17, 15) is 5.11 Å². The maximum absolute atomic E-state index is 10.5. The first-order chi connectivity index (χ1) is 9.63. The average Bonchev–Trinajstić information content (AvgIpc) is 2.86. The molecule has 1 heterocycles. The summed E-state index contributed by atoms with van der Waals surface area (Å²) in [5.41, 5.74) is 2.34. The van der Waals surface area contributed by atoms with Gasteiger partial charge in [-0.3, -0.25) is 0 Å². The number of thioether (sulfide) groups is 1.